The van der Waals surface area contributed by atoms with Crippen molar-refractivity contribution >= 4 is 11.8 Å². The van der Waals surface area contributed by atoms with Crippen LogP contribution in [0.3, 0.4) is 0 Å². The predicted octanol–water partition coefficient (Wildman–Crippen LogP) is 3.60. The number of hydrogen-bond donors (Lipinski definition) is 3. The third kappa shape index (κ3) is 3.54. The first kappa shape index (κ1) is 16.2. The first-order valence-corrected chi connectivity index (χ1v) is 9.19. The van der Waals surface area contributed by atoms with E-state index in [1.807, 2.05) is 6.20 Å². The number of benzene rings is 1. The Morgan fingerprint density at radius 2 is 1.72 bits per heavy atom. The summed E-state index contributed by atoms with van der Waals surface area (Å²) in [5, 5.41) is 10.6. The van der Waals surface area contributed by atoms with Gasteiger partial charge in [0.15, 0.2) is 0 Å². The number of aryl methyl sites for hydroxylation is 2. The Balaban J connectivity index is 1.75. The second-order valence-electron chi connectivity index (χ2n) is 7.11. The molecule has 1 fully saturated rings. The Bertz CT molecular complexity index is 784. The molecular formula is C21H26N4. The lowest BCUT2D eigenvalue weighted by Crippen LogP contribution is -2.35. The summed E-state index contributed by atoms with van der Waals surface area (Å²) in [5.74, 6) is 0. The molecule has 4 heteroatoms. The van der Waals surface area contributed by atoms with E-state index in [9.17, 15) is 0 Å². The maximum Gasteiger partial charge on any atom is 0.0421 e. The van der Waals surface area contributed by atoms with E-state index in [4.69, 9.17) is 0 Å². The van der Waals surface area contributed by atoms with Crippen molar-refractivity contribution < 1.29 is 0 Å². The quantitative estimate of drug-likeness (QED) is 0.803. The molecule has 130 valence electrons. The molecule has 0 atom stereocenters. The molecule has 1 saturated heterocycles. The van der Waals surface area contributed by atoms with E-state index in [2.05, 4.69) is 65.1 Å². The summed E-state index contributed by atoms with van der Waals surface area (Å²) in [7, 11) is 0. The summed E-state index contributed by atoms with van der Waals surface area (Å²) in [5.41, 5.74) is 8.58. The highest BCUT2D eigenvalue weighted by Gasteiger charge is 2.18. The van der Waals surface area contributed by atoms with Crippen molar-refractivity contribution in [3.8, 4) is 11.1 Å². The van der Waals surface area contributed by atoms with E-state index < -0.39 is 0 Å². The van der Waals surface area contributed by atoms with Gasteiger partial charge in [-0.3, -0.25) is 4.98 Å². The lowest BCUT2D eigenvalue weighted by molar-refractivity contribution is 0.479. The molecule has 0 spiro atoms. The summed E-state index contributed by atoms with van der Waals surface area (Å²) in [6.45, 7) is 7.20. The Morgan fingerprint density at radius 1 is 1.00 bits per heavy atom. The van der Waals surface area contributed by atoms with Gasteiger partial charge < -0.3 is 16.0 Å². The lowest BCUT2D eigenvalue weighted by atomic mass is 9.94. The summed E-state index contributed by atoms with van der Waals surface area (Å²) in [4.78, 5) is 4.52. The van der Waals surface area contributed by atoms with Gasteiger partial charge in [-0.15, -0.1) is 0 Å². The van der Waals surface area contributed by atoms with Crippen molar-refractivity contribution in [2.75, 3.05) is 18.4 Å². The zero-order valence-corrected chi connectivity index (χ0v) is 15.0. The van der Waals surface area contributed by atoms with Crippen molar-refractivity contribution in [1.82, 2.24) is 15.6 Å². The highest BCUT2D eigenvalue weighted by molar-refractivity contribution is 5.77. The fourth-order valence-electron chi connectivity index (χ4n) is 3.83. The van der Waals surface area contributed by atoms with E-state index in [1.165, 1.54) is 40.8 Å². The van der Waals surface area contributed by atoms with Gasteiger partial charge >= 0.3 is 0 Å². The minimum absolute atomic E-state index is 0.549. The Kier molecular flexibility index (Phi) is 4.45. The molecule has 0 aliphatic carbocycles. The molecule has 2 aromatic rings. The fourth-order valence-corrected chi connectivity index (χ4v) is 3.83. The molecule has 0 radical (unpaired) electrons. The van der Waals surface area contributed by atoms with Crippen molar-refractivity contribution in [2.24, 2.45) is 0 Å². The molecule has 3 N–H and O–H groups in total. The van der Waals surface area contributed by atoms with Crippen molar-refractivity contribution in [3.05, 3.63) is 53.0 Å². The number of fused-ring (bicyclic) bond motifs is 1. The van der Waals surface area contributed by atoms with Crippen LogP contribution in [0.2, 0.25) is 0 Å². The van der Waals surface area contributed by atoms with Gasteiger partial charge in [0.1, 0.15) is 0 Å². The van der Waals surface area contributed by atoms with Crippen LogP contribution in [0.5, 0.6) is 0 Å². The summed E-state index contributed by atoms with van der Waals surface area (Å²) >= 11 is 0. The van der Waals surface area contributed by atoms with E-state index in [1.54, 1.807) is 0 Å². The zero-order valence-electron chi connectivity index (χ0n) is 15.0. The van der Waals surface area contributed by atoms with Gasteiger partial charge in [0.25, 0.3) is 0 Å². The number of nitrogens with zero attached hydrogens (tertiary/aromatic N) is 1. The number of aromatic nitrogens is 1. The minimum atomic E-state index is 0.549. The third-order valence-corrected chi connectivity index (χ3v) is 5.06. The SMILES string of the molecule is Cc1cc(-c2cc3c(c(NC4CCNCC4)c2)CNC=C3)cc(C)n1. The molecule has 1 aromatic heterocycles. The van der Waals surface area contributed by atoms with Gasteiger partial charge in [-0.25, -0.2) is 0 Å². The molecule has 0 saturated carbocycles. The van der Waals surface area contributed by atoms with Crippen molar-refractivity contribution in [1.29, 1.82) is 0 Å². The van der Waals surface area contributed by atoms with Crippen LogP contribution in [0.15, 0.2) is 30.5 Å². The number of piperidine rings is 1. The smallest absolute Gasteiger partial charge is 0.0421 e. The summed E-state index contributed by atoms with van der Waals surface area (Å²) in [6, 6.07) is 9.51. The lowest BCUT2D eigenvalue weighted by Gasteiger charge is -2.28. The van der Waals surface area contributed by atoms with E-state index in [0.29, 0.717) is 6.04 Å². The maximum absolute atomic E-state index is 4.52. The Labute approximate surface area is 149 Å². The maximum atomic E-state index is 4.52. The number of hydrogen-bond acceptors (Lipinski definition) is 4. The predicted molar refractivity (Wildman–Crippen MR) is 105 cm³/mol. The zero-order chi connectivity index (χ0) is 17.2. The largest absolute Gasteiger partial charge is 0.387 e. The summed E-state index contributed by atoms with van der Waals surface area (Å²) in [6.07, 6.45) is 6.58. The van der Waals surface area contributed by atoms with Crippen molar-refractivity contribution in [3.63, 3.8) is 0 Å². The Hall–Kier alpha value is -2.33. The van der Waals surface area contributed by atoms with Crippen LogP contribution >= 0.6 is 0 Å². The van der Waals surface area contributed by atoms with E-state index in [-0.39, 0.29) is 0 Å². The van der Waals surface area contributed by atoms with E-state index >= 15 is 0 Å². The molecular weight excluding hydrogens is 308 g/mol. The van der Waals surface area contributed by atoms with Gasteiger partial charge in [-0.05, 0) is 93.0 Å². The average Bonchev–Trinajstić information content (AvgIpc) is 2.62. The topological polar surface area (TPSA) is 49.0 Å². The van der Waals surface area contributed by atoms with Crippen LogP contribution in [0.4, 0.5) is 5.69 Å². The molecule has 1 aromatic carbocycles. The Morgan fingerprint density at radius 3 is 2.48 bits per heavy atom. The molecule has 2 aliphatic rings. The fraction of sp³-hybridized carbons (Fsp3) is 0.381. The molecule has 3 heterocycles. The highest BCUT2D eigenvalue weighted by atomic mass is 15.0. The van der Waals surface area contributed by atoms with Crippen LogP contribution < -0.4 is 16.0 Å². The molecule has 25 heavy (non-hydrogen) atoms. The molecule has 0 bridgehead atoms. The standard InChI is InChI=1S/C21H26N4/c1-14-9-17(10-15(2)24-14)18-11-16-3-6-23-13-20(16)21(12-18)25-19-4-7-22-8-5-19/h3,6,9-12,19,22-23,25H,4-5,7-8,13H2,1-2H3. The highest BCUT2D eigenvalue weighted by Crippen LogP contribution is 2.32. The number of anilines is 1. The first-order chi connectivity index (χ1) is 12.2. The van der Waals surface area contributed by atoms with Gasteiger partial charge in [0.05, 0.1) is 0 Å². The molecule has 4 rings (SSSR count). The van der Waals surface area contributed by atoms with Crippen LogP contribution in [0.25, 0.3) is 17.2 Å². The monoisotopic (exact) mass is 334 g/mol. The normalized spacial score (nSPS) is 17.0. The third-order valence-electron chi connectivity index (χ3n) is 5.06. The van der Waals surface area contributed by atoms with E-state index in [0.717, 1.165) is 31.0 Å². The van der Waals surface area contributed by atoms with Gasteiger partial charge in [0.2, 0.25) is 0 Å². The van der Waals surface area contributed by atoms with Gasteiger partial charge in [-0.1, -0.05) is 0 Å². The van der Waals surface area contributed by atoms with Gasteiger partial charge in [-0.2, -0.15) is 0 Å². The van der Waals surface area contributed by atoms with Crippen LogP contribution in [0.1, 0.15) is 35.4 Å². The first-order valence-electron chi connectivity index (χ1n) is 9.19. The van der Waals surface area contributed by atoms with Crippen LogP contribution in [-0.2, 0) is 6.54 Å². The number of nitrogens with one attached hydrogen (secondary N) is 3. The second kappa shape index (κ2) is 6.89. The average molecular weight is 334 g/mol. The number of rotatable bonds is 3. The minimum Gasteiger partial charge on any atom is -0.387 e. The van der Waals surface area contributed by atoms with Crippen molar-refractivity contribution in [2.45, 2.75) is 39.3 Å². The molecule has 4 nitrogen and oxygen atoms in total. The van der Waals surface area contributed by atoms with Crippen LogP contribution in [-0.4, -0.2) is 24.1 Å². The molecule has 0 amide bonds. The second-order valence-corrected chi connectivity index (χ2v) is 7.11. The molecule has 0 unspecified atom stereocenters. The van der Waals surface area contributed by atoms with Gasteiger partial charge in [0, 0.05) is 35.2 Å². The molecule has 2 aliphatic heterocycles. The summed E-state index contributed by atoms with van der Waals surface area (Å²) < 4.78 is 0. The number of pyridine rings is 1. The van der Waals surface area contributed by atoms with Crippen LogP contribution in [0, 0.1) is 13.8 Å².